The Balaban J connectivity index is 1.78. The Morgan fingerprint density at radius 3 is 2.96 bits per heavy atom. The molecule has 7 nitrogen and oxygen atoms in total. The lowest BCUT2D eigenvalue weighted by molar-refractivity contribution is 0.0472. The SMILES string of the molecule is COc1ccc(Cl)c(COC(=O)c2ccc3n[nH]c(=O)n3c2)c1. The number of benzene rings is 1. The molecule has 3 rings (SSSR count). The highest BCUT2D eigenvalue weighted by Crippen LogP contribution is 2.23. The van der Waals surface area contributed by atoms with Gasteiger partial charge in [0.15, 0.2) is 5.65 Å². The van der Waals surface area contributed by atoms with Crippen molar-refractivity contribution in [2.75, 3.05) is 7.11 Å². The molecule has 1 aromatic carbocycles. The van der Waals surface area contributed by atoms with Crippen LogP contribution in [0.2, 0.25) is 5.02 Å². The molecule has 118 valence electrons. The first-order chi connectivity index (χ1) is 11.1. The number of methoxy groups -OCH3 is 1. The highest BCUT2D eigenvalue weighted by molar-refractivity contribution is 6.31. The average molecular weight is 334 g/mol. The largest absolute Gasteiger partial charge is 0.497 e. The second-order valence-electron chi connectivity index (χ2n) is 4.71. The van der Waals surface area contributed by atoms with Crippen molar-refractivity contribution < 1.29 is 14.3 Å². The molecule has 0 spiro atoms. The maximum Gasteiger partial charge on any atom is 0.347 e. The summed E-state index contributed by atoms with van der Waals surface area (Å²) in [6.45, 7) is -0.00676. The molecule has 0 radical (unpaired) electrons. The van der Waals surface area contributed by atoms with E-state index >= 15 is 0 Å². The summed E-state index contributed by atoms with van der Waals surface area (Å²) in [6, 6.07) is 8.16. The normalized spacial score (nSPS) is 10.7. The summed E-state index contributed by atoms with van der Waals surface area (Å²) >= 11 is 6.06. The van der Waals surface area contributed by atoms with Crippen molar-refractivity contribution in [3.05, 3.63) is 63.2 Å². The summed E-state index contributed by atoms with van der Waals surface area (Å²) in [4.78, 5) is 23.6. The Morgan fingerprint density at radius 1 is 1.35 bits per heavy atom. The molecule has 0 fully saturated rings. The zero-order chi connectivity index (χ0) is 16.4. The number of nitrogens with one attached hydrogen (secondary N) is 1. The molecule has 0 atom stereocenters. The molecule has 0 saturated carbocycles. The second-order valence-corrected chi connectivity index (χ2v) is 5.12. The van der Waals surface area contributed by atoms with E-state index in [9.17, 15) is 9.59 Å². The molecule has 23 heavy (non-hydrogen) atoms. The van der Waals surface area contributed by atoms with Gasteiger partial charge < -0.3 is 9.47 Å². The fourth-order valence-electron chi connectivity index (χ4n) is 2.04. The van der Waals surface area contributed by atoms with E-state index in [-0.39, 0.29) is 12.2 Å². The Bertz CT molecular complexity index is 932. The van der Waals surface area contributed by atoms with Gasteiger partial charge in [0.25, 0.3) is 0 Å². The summed E-state index contributed by atoms with van der Waals surface area (Å²) in [7, 11) is 1.54. The number of carbonyl (C=O) groups is 1. The van der Waals surface area contributed by atoms with Crippen molar-refractivity contribution in [2.24, 2.45) is 0 Å². The van der Waals surface area contributed by atoms with Gasteiger partial charge in [-0.3, -0.25) is 0 Å². The quantitative estimate of drug-likeness (QED) is 0.738. The Labute approximate surface area is 135 Å². The number of aromatic amines is 1. The number of halogens is 1. The maximum atomic E-state index is 12.1. The van der Waals surface area contributed by atoms with E-state index in [0.717, 1.165) is 0 Å². The minimum atomic E-state index is -0.570. The molecule has 2 heterocycles. The Hall–Kier alpha value is -2.80. The first kappa shape index (κ1) is 15.1. The van der Waals surface area contributed by atoms with Crippen molar-refractivity contribution in [1.82, 2.24) is 14.6 Å². The number of rotatable bonds is 4. The topological polar surface area (TPSA) is 85.7 Å². The van der Waals surface area contributed by atoms with E-state index in [1.54, 1.807) is 24.3 Å². The lowest BCUT2D eigenvalue weighted by Gasteiger charge is -2.08. The molecule has 0 aliphatic rings. The smallest absolute Gasteiger partial charge is 0.347 e. The van der Waals surface area contributed by atoms with Crippen LogP contribution >= 0.6 is 11.6 Å². The van der Waals surface area contributed by atoms with Gasteiger partial charge in [0, 0.05) is 16.8 Å². The number of hydrogen-bond donors (Lipinski definition) is 1. The van der Waals surface area contributed by atoms with Gasteiger partial charge in [-0.25, -0.2) is 19.1 Å². The third-order valence-corrected chi connectivity index (χ3v) is 3.63. The van der Waals surface area contributed by atoms with Crippen molar-refractivity contribution in [3.8, 4) is 5.75 Å². The van der Waals surface area contributed by atoms with Crippen LogP contribution in [0.3, 0.4) is 0 Å². The molecule has 8 heteroatoms. The number of esters is 1. The summed E-state index contributed by atoms with van der Waals surface area (Å²) in [5, 5.41) is 6.55. The summed E-state index contributed by atoms with van der Waals surface area (Å²) in [5.74, 6) is 0.0469. The molecule has 0 bridgehead atoms. The molecule has 0 unspecified atom stereocenters. The number of carbonyl (C=O) groups excluding carboxylic acids is 1. The molecule has 3 aromatic rings. The number of hydrogen-bond acceptors (Lipinski definition) is 5. The van der Waals surface area contributed by atoms with Gasteiger partial charge in [-0.15, -0.1) is 0 Å². The van der Waals surface area contributed by atoms with Crippen LogP contribution in [-0.4, -0.2) is 27.7 Å². The van der Waals surface area contributed by atoms with E-state index in [1.165, 1.54) is 23.8 Å². The molecular formula is C15H12ClN3O4. The lowest BCUT2D eigenvalue weighted by atomic mass is 10.2. The van der Waals surface area contributed by atoms with Gasteiger partial charge >= 0.3 is 11.7 Å². The van der Waals surface area contributed by atoms with Crippen LogP contribution in [0.15, 0.2) is 41.3 Å². The molecular weight excluding hydrogens is 322 g/mol. The van der Waals surface area contributed by atoms with Crippen LogP contribution in [0.1, 0.15) is 15.9 Å². The fraction of sp³-hybridized carbons (Fsp3) is 0.133. The van der Waals surface area contributed by atoms with Crippen LogP contribution in [0.5, 0.6) is 5.75 Å². The van der Waals surface area contributed by atoms with Crippen molar-refractivity contribution in [1.29, 1.82) is 0 Å². The van der Waals surface area contributed by atoms with Gasteiger partial charge in [0.05, 0.1) is 12.7 Å². The third kappa shape index (κ3) is 3.04. The maximum absolute atomic E-state index is 12.1. The molecule has 2 aromatic heterocycles. The van der Waals surface area contributed by atoms with Crippen molar-refractivity contribution >= 4 is 23.2 Å². The van der Waals surface area contributed by atoms with E-state index in [2.05, 4.69) is 10.2 Å². The average Bonchev–Trinajstić information content (AvgIpc) is 2.94. The number of pyridine rings is 1. The first-order valence-corrected chi connectivity index (χ1v) is 7.02. The van der Waals surface area contributed by atoms with Crippen LogP contribution in [0, 0.1) is 0 Å². The minimum absolute atomic E-state index is 0.00676. The van der Waals surface area contributed by atoms with Gasteiger partial charge in [-0.05, 0) is 30.3 Å². The molecule has 1 N–H and O–H groups in total. The minimum Gasteiger partial charge on any atom is -0.497 e. The van der Waals surface area contributed by atoms with Crippen LogP contribution in [0.25, 0.3) is 5.65 Å². The van der Waals surface area contributed by atoms with Crippen LogP contribution in [0.4, 0.5) is 0 Å². The highest BCUT2D eigenvalue weighted by Gasteiger charge is 2.11. The Morgan fingerprint density at radius 2 is 2.17 bits per heavy atom. The fourth-order valence-corrected chi connectivity index (χ4v) is 2.21. The zero-order valence-electron chi connectivity index (χ0n) is 12.1. The Kier molecular flexibility index (Phi) is 4.03. The van der Waals surface area contributed by atoms with Crippen LogP contribution in [-0.2, 0) is 11.3 Å². The molecule has 0 saturated heterocycles. The van der Waals surface area contributed by atoms with Crippen molar-refractivity contribution in [3.63, 3.8) is 0 Å². The monoisotopic (exact) mass is 333 g/mol. The van der Waals surface area contributed by atoms with E-state index < -0.39 is 11.7 Å². The van der Waals surface area contributed by atoms with Gasteiger partial charge in [-0.2, -0.15) is 5.10 Å². The van der Waals surface area contributed by atoms with Gasteiger partial charge in [0.1, 0.15) is 12.4 Å². The van der Waals surface area contributed by atoms with Gasteiger partial charge in [-0.1, -0.05) is 11.6 Å². The lowest BCUT2D eigenvalue weighted by Crippen LogP contribution is -2.12. The zero-order valence-corrected chi connectivity index (χ0v) is 12.8. The number of nitrogens with zero attached hydrogens (tertiary/aromatic N) is 2. The standard InChI is InChI=1S/C15H12ClN3O4/c1-22-11-3-4-12(16)10(6-11)8-23-14(20)9-2-5-13-17-18-15(21)19(13)7-9/h2-7H,8H2,1H3,(H,18,21). The van der Waals surface area contributed by atoms with E-state index in [1.807, 2.05) is 0 Å². The highest BCUT2D eigenvalue weighted by atomic mass is 35.5. The molecule has 0 aliphatic carbocycles. The number of H-pyrrole nitrogens is 1. The third-order valence-electron chi connectivity index (χ3n) is 3.26. The van der Waals surface area contributed by atoms with E-state index in [4.69, 9.17) is 21.1 Å². The predicted octanol–water partition coefficient (Wildman–Crippen LogP) is 2.04. The van der Waals surface area contributed by atoms with Gasteiger partial charge in [0.2, 0.25) is 0 Å². The number of aromatic nitrogens is 3. The summed E-state index contributed by atoms with van der Waals surface area (Å²) in [6.07, 6.45) is 1.37. The number of fused-ring (bicyclic) bond motifs is 1. The van der Waals surface area contributed by atoms with Crippen molar-refractivity contribution in [2.45, 2.75) is 6.61 Å². The summed E-state index contributed by atoms with van der Waals surface area (Å²) in [5.41, 5.74) is 0.855. The summed E-state index contributed by atoms with van der Waals surface area (Å²) < 4.78 is 11.6. The van der Waals surface area contributed by atoms with E-state index in [0.29, 0.717) is 22.0 Å². The molecule has 0 aliphatic heterocycles. The second kappa shape index (κ2) is 6.13. The number of ether oxygens (including phenoxy) is 2. The molecule has 0 amide bonds. The predicted molar refractivity (Wildman–Crippen MR) is 82.9 cm³/mol. The first-order valence-electron chi connectivity index (χ1n) is 6.65. The van der Waals surface area contributed by atoms with Crippen LogP contribution < -0.4 is 10.4 Å².